The molecule has 0 spiro atoms. The fourth-order valence-electron chi connectivity index (χ4n) is 1.32. The SMILES string of the molecule is CCCC(O)(CC(N)=O)C(C)C. The molecule has 0 aliphatic carbocycles. The third-order valence-electron chi connectivity index (χ3n) is 2.24. The highest BCUT2D eigenvalue weighted by Gasteiger charge is 2.31. The van der Waals surface area contributed by atoms with Crippen LogP contribution in [0.25, 0.3) is 0 Å². The molecule has 0 aromatic carbocycles. The molecular formula is C9H19NO2. The fraction of sp³-hybridized carbons (Fsp3) is 0.889. The van der Waals surface area contributed by atoms with E-state index in [0.717, 1.165) is 6.42 Å². The summed E-state index contributed by atoms with van der Waals surface area (Å²) in [6.45, 7) is 5.78. The Morgan fingerprint density at radius 1 is 1.58 bits per heavy atom. The summed E-state index contributed by atoms with van der Waals surface area (Å²) in [5.74, 6) is -0.357. The Hall–Kier alpha value is -0.570. The summed E-state index contributed by atoms with van der Waals surface area (Å²) >= 11 is 0. The molecule has 1 unspecified atom stereocenters. The van der Waals surface area contributed by atoms with Crippen molar-refractivity contribution in [3.8, 4) is 0 Å². The summed E-state index contributed by atoms with van der Waals surface area (Å²) in [6, 6.07) is 0. The molecule has 0 aromatic rings. The molecule has 0 bridgehead atoms. The zero-order valence-electron chi connectivity index (χ0n) is 8.13. The van der Waals surface area contributed by atoms with Crippen LogP contribution in [0.2, 0.25) is 0 Å². The first-order valence-electron chi connectivity index (χ1n) is 4.43. The molecule has 3 heteroatoms. The number of rotatable bonds is 5. The van der Waals surface area contributed by atoms with Gasteiger partial charge in [0.25, 0.3) is 0 Å². The average molecular weight is 173 g/mol. The van der Waals surface area contributed by atoms with Crippen LogP contribution < -0.4 is 5.73 Å². The van der Waals surface area contributed by atoms with Gasteiger partial charge in [0.15, 0.2) is 0 Å². The first-order chi connectivity index (χ1) is 5.42. The van der Waals surface area contributed by atoms with Gasteiger partial charge in [-0.1, -0.05) is 27.2 Å². The lowest BCUT2D eigenvalue weighted by Crippen LogP contribution is -2.39. The van der Waals surface area contributed by atoms with Crippen LogP contribution in [0.1, 0.15) is 40.0 Å². The topological polar surface area (TPSA) is 63.3 Å². The number of amides is 1. The lowest BCUT2D eigenvalue weighted by atomic mass is 9.83. The summed E-state index contributed by atoms with van der Waals surface area (Å²) < 4.78 is 0. The number of nitrogens with two attached hydrogens (primary N) is 1. The molecule has 0 fully saturated rings. The van der Waals surface area contributed by atoms with E-state index in [2.05, 4.69) is 0 Å². The summed E-state index contributed by atoms with van der Waals surface area (Å²) in [5.41, 5.74) is 4.15. The van der Waals surface area contributed by atoms with Gasteiger partial charge in [-0.05, 0) is 12.3 Å². The minimum Gasteiger partial charge on any atom is -0.389 e. The van der Waals surface area contributed by atoms with Gasteiger partial charge in [-0.25, -0.2) is 0 Å². The van der Waals surface area contributed by atoms with E-state index in [4.69, 9.17) is 5.73 Å². The molecule has 0 aromatic heterocycles. The lowest BCUT2D eigenvalue weighted by Gasteiger charge is -2.30. The maximum Gasteiger partial charge on any atom is 0.220 e. The van der Waals surface area contributed by atoms with Crippen molar-refractivity contribution in [2.24, 2.45) is 11.7 Å². The Morgan fingerprint density at radius 3 is 2.33 bits per heavy atom. The number of primary amides is 1. The second-order valence-corrected chi connectivity index (χ2v) is 3.65. The maximum absolute atomic E-state index is 10.7. The van der Waals surface area contributed by atoms with E-state index in [1.54, 1.807) is 0 Å². The normalized spacial score (nSPS) is 16.1. The third kappa shape index (κ3) is 3.22. The molecule has 3 N–H and O–H groups in total. The first kappa shape index (κ1) is 11.4. The van der Waals surface area contributed by atoms with Crippen molar-refractivity contribution in [1.29, 1.82) is 0 Å². The van der Waals surface area contributed by atoms with Crippen molar-refractivity contribution < 1.29 is 9.90 Å². The van der Waals surface area contributed by atoms with Gasteiger partial charge in [0.05, 0.1) is 12.0 Å². The van der Waals surface area contributed by atoms with Gasteiger partial charge >= 0.3 is 0 Å². The molecule has 72 valence electrons. The standard InChI is InChI=1S/C9H19NO2/c1-4-5-9(12,7(2)3)6-8(10)11/h7,12H,4-6H2,1-3H3,(H2,10,11). The zero-order valence-corrected chi connectivity index (χ0v) is 8.13. The number of aliphatic hydroxyl groups is 1. The molecule has 3 nitrogen and oxygen atoms in total. The third-order valence-corrected chi connectivity index (χ3v) is 2.24. The van der Waals surface area contributed by atoms with Crippen molar-refractivity contribution in [2.75, 3.05) is 0 Å². The van der Waals surface area contributed by atoms with E-state index >= 15 is 0 Å². The van der Waals surface area contributed by atoms with Gasteiger partial charge in [0.1, 0.15) is 0 Å². The summed E-state index contributed by atoms with van der Waals surface area (Å²) in [6.07, 6.45) is 1.56. The van der Waals surface area contributed by atoms with Crippen molar-refractivity contribution >= 4 is 5.91 Å². The van der Waals surface area contributed by atoms with Gasteiger partial charge in [-0.2, -0.15) is 0 Å². The molecule has 0 heterocycles. The van der Waals surface area contributed by atoms with Crippen LogP contribution in [0.3, 0.4) is 0 Å². The molecule has 12 heavy (non-hydrogen) atoms. The number of hydrogen-bond acceptors (Lipinski definition) is 2. The van der Waals surface area contributed by atoms with Gasteiger partial charge in [0, 0.05) is 0 Å². The van der Waals surface area contributed by atoms with Crippen LogP contribution >= 0.6 is 0 Å². The monoisotopic (exact) mass is 173 g/mol. The quantitative estimate of drug-likeness (QED) is 0.652. The summed E-state index contributed by atoms with van der Waals surface area (Å²) in [5, 5.41) is 9.96. The van der Waals surface area contributed by atoms with Crippen LogP contribution in [0.4, 0.5) is 0 Å². The van der Waals surface area contributed by atoms with E-state index in [0.29, 0.717) is 6.42 Å². The van der Waals surface area contributed by atoms with E-state index < -0.39 is 11.5 Å². The highest BCUT2D eigenvalue weighted by molar-refractivity contribution is 5.74. The second kappa shape index (κ2) is 4.45. The largest absolute Gasteiger partial charge is 0.389 e. The molecule has 0 rings (SSSR count). The molecule has 0 saturated carbocycles. The van der Waals surface area contributed by atoms with Crippen LogP contribution in [-0.2, 0) is 4.79 Å². The lowest BCUT2D eigenvalue weighted by molar-refractivity contribution is -0.125. The fourth-order valence-corrected chi connectivity index (χ4v) is 1.32. The number of carbonyl (C=O) groups is 1. The Bertz CT molecular complexity index is 157. The molecule has 1 atom stereocenters. The average Bonchev–Trinajstić information content (AvgIpc) is 1.85. The van der Waals surface area contributed by atoms with Crippen molar-refractivity contribution in [3.63, 3.8) is 0 Å². The van der Waals surface area contributed by atoms with Gasteiger partial charge in [-0.15, -0.1) is 0 Å². The van der Waals surface area contributed by atoms with Gasteiger partial charge in [0.2, 0.25) is 5.91 Å². The predicted molar refractivity (Wildman–Crippen MR) is 48.5 cm³/mol. The highest BCUT2D eigenvalue weighted by Crippen LogP contribution is 2.26. The van der Waals surface area contributed by atoms with Gasteiger partial charge < -0.3 is 10.8 Å². The van der Waals surface area contributed by atoms with Crippen molar-refractivity contribution in [3.05, 3.63) is 0 Å². The Kier molecular flexibility index (Phi) is 4.24. The molecule has 0 aliphatic rings. The molecule has 0 aliphatic heterocycles. The van der Waals surface area contributed by atoms with Gasteiger partial charge in [-0.3, -0.25) is 4.79 Å². The van der Waals surface area contributed by atoms with Crippen molar-refractivity contribution in [2.45, 2.75) is 45.6 Å². The zero-order chi connectivity index (χ0) is 9.78. The maximum atomic E-state index is 10.7. The molecule has 1 amide bonds. The van der Waals surface area contributed by atoms with E-state index in [1.807, 2.05) is 20.8 Å². The predicted octanol–water partition coefficient (Wildman–Crippen LogP) is 1.05. The number of carbonyl (C=O) groups excluding carboxylic acids is 1. The molecule has 0 saturated heterocycles. The van der Waals surface area contributed by atoms with Crippen molar-refractivity contribution in [1.82, 2.24) is 0 Å². The van der Waals surface area contributed by atoms with Crippen LogP contribution in [0, 0.1) is 5.92 Å². The minimum absolute atomic E-state index is 0.0680. The highest BCUT2D eigenvalue weighted by atomic mass is 16.3. The van der Waals surface area contributed by atoms with Crippen LogP contribution in [0.15, 0.2) is 0 Å². The smallest absolute Gasteiger partial charge is 0.220 e. The summed E-state index contributed by atoms with van der Waals surface area (Å²) in [4.78, 5) is 10.7. The Labute approximate surface area is 74.0 Å². The number of hydrogen-bond donors (Lipinski definition) is 2. The summed E-state index contributed by atoms with van der Waals surface area (Å²) in [7, 11) is 0. The van der Waals surface area contributed by atoms with E-state index in [1.165, 1.54) is 0 Å². The molecule has 0 radical (unpaired) electrons. The molecular weight excluding hydrogens is 154 g/mol. The van der Waals surface area contributed by atoms with E-state index in [9.17, 15) is 9.90 Å². The van der Waals surface area contributed by atoms with E-state index in [-0.39, 0.29) is 12.3 Å². The Morgan fingerprint density at radius 2 is 2.08 bits per heavy atom. The van der Waals surface area contributed by atoms with Crippen LogP contribution in [0.5, 0.6) is 0 Å². The van der Waals surface area contributed by atoms with Crippen LogP contribution in [-0.4, -0.2) is 16.6 Å². The first-order valence-corrected chi connectivity index (χ1v) is 4.43. The Balaban J connectivity index is 4.28. The second-order valence-electron chi connectivity index (χ2n) is 3.65. The minimum atomic E-state index is -0.902.